The minimum atomic E-state index is -3.02. The van der Waals surface area contributed by atoms with Crippen LogP contribution in [0.1, 0.15) is 37.8 Å². The molecule has 0 aliphatic heterocycles. The summed E-state index contributed by atoms with van der Waals surface area (Å²) in [6, 6.07) is 7.34. The fourth-order valence-corrected chi connectivity index (χ4v) is 3.77. The minimum Gasteiger partial charge on any atom is -0.497 e. The number of ether oxygens (including phenoxy) is 1. The van der Waals surface area contributed by atoms with Gasteiger partial charge in [-0.1, -0.05) is 31.9 Å². The van der Waals surface area contributed by atoms with Gasteiger partial charge in [0.2, 0.25) is 0 Å². The van der Waals surface area contributed by atoms with Gasteiger partial charge >= 0.3 is 0 Å². The van der Waals surface area contributed by atoms with Gasteiger partial charge in [0, 0.05) is 6.04 Å². The lowest BCUT2D eigenvalue weighted by molar-refractivity contribution is 0.414. The smallest absolute Gasteiger partial charge is 0.152 e. The molecule has 5 heteroatoms. The van der Waals surface area contributed by atoms with Gasteiger partial charge < -0.3 is 10.1 Å². The fourth-order valence-electron chi connectivity index (χ4n) is 2.09. The molecule has 114 valence electrons. The Bertz CT molecular complexity index is 482. The number of nitrogens with one attached hydrogen (secondary N) is 1. The number of methoxy groups -OCH3 is 1. The summed E-state index contributed by atoms with van der Waals surface area (Å²) in [5.41, 5.74) is 0.965. The summed E-state index contributed by atoms with van der Waals surface area (Å²) in [5, 5.41) is 3.08. The van der Waals surface area contributed by atoms with Crippen molar-refractivity contribution in [1.29, 1.82) is 0 Å². The van der Waals surface area contributed by atoms with Crippen LogP contribution in [0, 0.1) is 0 Å². The Morgan fingerprint density at radius 2 is 1.85 bits per heavy atom. The lowest BCUT2D eigenvalue weighted by Crippen LogP contribution is -2.26. The van der Waals surface area contributed by atoms with Gasteiger partial charge in [0.1, 0.15) is 5.75 Å². The molecule has 1 aromatic rings. The van der Waals surface area contributed by atoms with Gasteiger partial charge in [-0.2, -0.15) is 0 Å². The highest BCUT2D eigenvalue weighted by molar-refractivity contribution is 7.91. The van der Waals surface area contributed by atoms with Crippen molar-refractivity contribution in [2.75, 3.05) is 25.7 Å². The summed E-state index contributed by atoms with van der Waals surface area (Å²) in [4.78, 5) is 0. The quantitative estimate of drug-likeness (QED) is 0.712. The molecule has 0 amide bonds. The van der Waals surface area contributed by atoms with E-state index in [4.69, 9.17) is 4.74 Å². The first-order valence-electron chi connectivity index (χ1n) is 7.04. The zero-order chi connectivity index (χ0) is 15.0. The normalized spacial score (nSPS) is 13.2. The Hall–Kier alpha value is -1.07. The van der Waals surface area contributed by atoms with Crippen LogP contribution in [0.5, 0.6) is 5.75 Å². The molecule has 0 aromatic heterocycles. The van der Waals surface area contributed by atoms with E-state index in [1.807, 2.05) is 24.3 Å². The second kappa shape index (κ2) is 8.27. The van der Waals surface area contributed by atoms with E-state index in [9.17, 15) is 8.42 Å². The van der Waals surface area contributed by atoms with Crippen molar-refractivity contribution >= 4 is 9.84 Å². The van der Waals surface area contributed by atoms with Crippen LogP contribution in [0.4, 0.5) is 0 Å². The Kier molecular flexibility index (Phi) is 7.02. The summed E-state index contributed by atoms with van der Waals surface area (Å²) in [6.45, 7) is 2.07. The molecule has 1 unspecified atom stereocenters. The van der Waals surface area contributed by atoms with Gasteiger partial charge in [0.25, 0.3) is 0 Å². The molecule has 4 nitrogen and oxygen atoms in total. The highest BCUT2D eigenvalue weighted by Gasteiger charge is 2.19. The number of hydrogen-bond donors (Lipinski definition) is 1. The number of unbranched alkanes of at least 4 members (excludes halogenated alkanes) is 2. The Balaban J connectivity index is 2.70. The van der Waals surface area contributed by atoms with E-state index in [2.05, 4.69) is 12.2 Å². The van der Waals surface area contributed by atoms with E-state index >= 15 is 0 Å². The molecule has 0 spiro atoms. The monoisotopic (exact) mass is 299 g/mol. The Labute approximate surface area is 122 Å². The van der Waals surface area contributed by atoms with E-state index in [1.165, 1.54) is 0 Å². The van der Waals surface area contributed by atoms with Gasteiger partial charge in [0.05, 0.1) is 18.6 Å². The van der Waals surface area contributed by atoms with Crippen LogP contribution < -0.4 is 10.1 Å². The van der Waals surface area contributed by atoms with Crippen LogP contribution in [0.25, 0.3) is 0 Å². The molecule has 0 aliphatic rings. The second-order valence-electron chi connectivity index (χ2n) is 4.94. The fraction of sp³-hybridized carbons (Fsp3) is 0.600. The molecule has 0 radical (unpaired) electrons. The van der Waals surface area contributed by atoms with Crippen LogP contribution in [-0.4, -0.2) is 34.1 Å². The summed E-state index contributed by atoms with van der Waals surface area (Å²) < 4.78 is 29.3. The standard InChI is InChI=1S/C15H25NO3S/c1-4-5-6-11-20(17,18)12-15(16-2)13-7-9-14(19-3)10-8-13/h7-10,15-16H,4-6,11-12H2,1-3H3. The molecule has 0 saturated heterocycles. The van der Waals surface area contributed by atoms with E-state index in [0.717, 1.165) is 30.6 Å². The molecular formula is C15H25NO3S. The van der Waals surface area contributed by atoms with E-state index < -0.39 is 9.84 Å². The molecule has 0 fully saturated rings. The molecule has 0 heterocycles. The lowest BCUT2D eigenvalue weighted by atomic mass is 10.1. The number of sulfone groups is 1. The van der Waals surface area contributed by atoms with Gasteiger partial charge in [-0.25, -0.2) is 8.42 Å². The van der Waals surface area contributed by atoms with E-state index in [0.29, 0.717) is 0 Å². The molecule has 1 aromatic carbocycles. The number of hydrogen-bond acceptors (Lipinski definition) is 4. The van der Waals surface area contributed by atoms with Crippen molar-refractivity contribution < 1.29 is 13.2 Å². The highest BCUT2D eigenvalue weighted by Crippen LogP contribution is 2.19. The van der Waals surface area contributed by atoms with Crippen molar-refractivity contribution in [2.24, 2.45) is 0 Å². The average Bonchev–Trinajstić information content (AvgIpc) is 2.45. The molecule has 0 aliphatic carbocycles. The second-order valence-corrected chi connectivity index (χ2v) is 7.16. The first-order valence-corrected chi connectivity index (χ1v) is 8.86. The topological polar surface area (TPSA) is 55.4 Å². The van der Waals surface area contributed by atoms with E-state index in [-0.39, 0.29) is 17.5 Å². The van der Waals surface area contributed by atoms with Crippen molar-refractivity contribution in [3.63, 3.8) is 0 Å². The maximum Gasteiger partial charge on any atom is 0.152 e. The van der Waals surface area contributed by atoms with Gasteiger partial charge in [-0.05, 0) is 31.2 Å². The maximum atomic E-state index is 12.1. The third-order valence-corrected chi connectivity index (χ3v) is 5.10. The maximum absolute atomic E-state index is 12.1. The Morgan fingerprint density at radius 1 is 1.20 bits per heavy atom. The third kappa shape index (κ3) is 5.51. The summed E-state index contributed by atoms with van der Waals surface area (Å²) in [7, 11) is 0.379. The summed E-state index contributed by atoms with van der Waals surface area (Å²) >= 11 is 0. The van der Waals surface area contributed by atoms with Gasteiger partial charge in [-0.15, -0.1) is 0 Å². The van der Waals surface area contributed by atoms with Crippen molar-refractivity contribution in [3.8, 4) is 5.75 Å². The van der Waals surface area contributed by atoms with Crippen molar-refractivity contribution in [2.45, 2.75) is 32.2 Å². The van der Waals surface area contributed by atoms with Gasteiger partial charge in [0.15, 0.2) is 9.84 Å². The summed E-state index contributed by atoms with van der Waals surface area (Å²) in [5.74, 6) is 1.18. The SMILES string of the molecule is CCCCCS(=O)(=O)CC(NC)c1ccc(OC)cc1. The predicted octanol–water partition coefficient (Wildman–Crippen LogP) is 2.56. The first-order chi connectivity index (χ1) is 9.52. The molecule has 1 atom stereocenters. The number of benzene rings is 1. The highest BCUT2D eigenvalue weighted by atomic mass is 32.2. The third-order valence-electron chi connectivity index (χ3n) is 3.35. The molecule has 0 bridgehead atoms. The van der Waals surface area contributed by atoms with Crippen LogP contribution in [0.15, 0.2) is 24.3 Å². The van der Waals surface area contributed by atoms with Crippen molar-refractivity contribution in [1.82, 2.24) is 5.32 Å². The first kappa shape index (κ1) is 17.0. The zero-order valence-corrected chi connectivity index (χ0v) is 13.4. The molecule has 1 rings (SSSR count). The molecule has 20 heavy (non-hydrogen) atoms. The van der Waals surface area contributed by atoms with Crippen LogP contribution in [0.2, 0.25) is 0 Å². The minimum absolute atomic E-state index is 0.138. The molecule has 0 saturated carbocycles. The molecular weight excluding hydrogens is 274 g/mol. The lowest BCUT2D eigenvalue weighted by Gasteiger charge is -2.17. The largest absolute Gasteiger partial charge is 0.497 e. The van der Waals surface area contributed by atoms with Crippen LogP contribution in [-0.2, 0) is 9.84 Å². The molecule has 1 N–H and O–H groups in total. The zero-order valence-electron chi connectivity index (χ0n) is 12.6. The van der Waals surface area contributed by atoms with Crippen molar-refractivity contribution in [3.05, 3.63) is 29.8 Å². The average molecular weight is 299 g/mol. The van der Waals surface area contributed by atoms with Crippen LogP contribution >= 0.6 is 0 Å². The van der Waals surface area contributed by atoms with Gasteiger partial charge in [-0.3, -0.25) is 0 Å². The van der Waals surface area contributed by atoms with Crippen LogP contribution in [0.3, 0.4) is 0 Å². The number of rotatable bonds is 9. The predicted molar refractivity (Wildman–Crippen MR) is 83.0 cm³/mol. The summed E-state index contributed by atoms with van der Waals surface area (Å²) in [6.07, 6.45) is 2.74. The Morgan fingerprint density at radius 3 is 2.35 bits per heavy atom. The van der Waals surface area contributed by atoms with E-state index in [1.54, 1.807) is 14.2 Å².